The van der Waals surface area contributed by atoms with E-state index in [0.717, 1.165) is 4.88 Å². The highest BCUT2D eigenvalue weighted by Crippen LogP contribution is 2.11. The number of nitrogens with one attached hydrogen (secondary N) is 1. The van der Waals surface area contributed by atoms with E-state index in [2.05, 4.69) is 9.69 Å². The van der Waals surface area contributed by atoms with Crippen LogP contribution in [-0.2, 0) is 16.0 Å². The Bertz CT molecular complexity index is 425. The Morgan fingerprint density at radius 3 is 2.68 bits per heavy atom. The normalized spacial score (nSPS) is 12.8. The fourth-order valence-corrected chi connectivity index (χ4v) is 1.95. The van der Waals surface area contributed by atoms with Gasteiger partial charge in [0.05, 0.1) is 0 Å². The number of carboxylic acid groups (broad SMARTS) is 1. The van der Waals surface area contributed by atoms with Crippen LogP contribution < -0.4 is 5.32 Å². The number of hydrogen-bond acceptors (Lipinski definition) is 5. The van der Waals surface area contributed by atoms with Crippen LogP contribution in [0.5, 0.6) is 0 Å². The van der Waals surface area contributed by atoms with Gasteiger partial charge in [0.25, 0.3) is 0 Å². The number of carbonyl (C=O) groups excluding carboxylic acids is 1. The quantitative estimate of drug-likeness (QED) is 0.865. The molecule has 106 valence electrons. The molecular weight excluding hydrogens is 268 g/mol. The van der Waals surface area contributed by atoms with Crippen molar-refractivity contribution < 1.29 is 19.4 Å². The average Bonchev–Trinajstić information content (AvgIpc) is 2.73. The molecule has 1 aromatic rings. The zero-order valence-corrected chi connectivity index (χ0v) is 12.0. The van der Waals surface area contributed by atoms with Gasteiger partial charge >= 0.3 is 12.1 Å². The summed E-state index contributed by atoms with van der Waals surface area (Å²) in [6.07, 6.45) is 1.80. The highest BCUT2D eigenvalue weighted by Gasteiger charge is 2.23. The summed E-state index contributed by atoms with van der Waals surface area (Å²) in [5.41, 5.74) is -0.648. The lowest BCUT2D eigenvalue weighted by molar-refractivity contribution is -0.139. The number of nitrogens with zero attached hydrogens (tertiary/aromatic N) is 1. The molecule has 6 nitrogen and oxygen atoms in total. The van der Waals surface area contributed by atoms with Gasteiger partial charge < -0.3 is 15.2 Å². The second-order valence-corrected chi connectivity index (χ2v) is 5.97. The second kappa shape index (κ2) is 6.51. The summed E-state index contributed by atoms with van der Waals surface area (Å²) in [4.78, 5) is 23.6. The molecule has 1 amide bonds. The predicted octanol–water partition coefficient (Wildman–Crippen LogP) is 2.05. The van der Waals surface area contributed by atoms with Crippen molar-refractivity contribution in [1.82, 2.24) is 9.69 Å². The van der Waals surface area contributed by atoms with E-state index in [-0.39, 0.29) is 0 Å². The van der Waals surface area contributed by atoms with Gasteiger partial charge in [-0.2, -0.15) is 0 Å². The first-order valence-electron chi connectivity index (χ1n) is 5.90. The molecule has 0 bridgehead atoms. The smallest absolute Gasteiger partial charge is 0.408 e. The lowest BCUT2D eigenvalue weighted by atomic mass is 10.1. The minimum atomic E-state index is -1.07. The van der Waals surface area contributed by atoms with Gasteiger partial charge in [-0.1, -0.05) is 0 Å². The summed E-state index contributed by atoms with van der Waals surface area (Å²) < 4.78 is 8.97. The molecular formula is C12H18N2O4S. The molecule has 0 aliphatic heterocycles. The Morgan fingerprint density at radius 1 is 1.53 bits per heavy atom. The first-order valence-corrected chi connectivity index (χ1v) is 6.67. The first-order chi connectivity index (χ1) is 8.78. The van der Waals surface area contributed by atoms with Crippen LogP contribution in [0.4, 0.5) is 4.79 Å². The van der Waals surface area contributed by atoms with E-state index in [1.807, 2.05) is 6.07 Å². The summed E-state index contributed by atoms with van der Waals surface area (Å²) in [6, 6.07) is 0.869. The van der Waals surface area contributed by atoms with Crippen molar-refractivity contribution >= 4 is 23.6 Å². The SMILES string of the molecule is CC(C)(C)OC(=O)NC(CCc1ccns1)C(=O)O. The van der Waals surface area contributed by atoms with Crippen molar-refractivity contribution in [2.75, 3.05) is 0 Å². The van der Waals surface area contributed by atoms with Crippen molar-refractivity contribution in [3.63, 3.8) is 0 Å². The number of carbonyl (C=O) groups is 2. The molecule has 0 aliphatic carbocycles. The standard InChI is InChI=1S/C12H18N2O4S/c1-12(2,3)18-11(17)14-9(10(15)16)5-4-8-6-7-13-19-8/h6-7,9H,4-5H2,1-3H3,(H,14,17)(H,15,16). The Morgan fingerprint density at radius 2 is 2.21 bits per heavy atom. The Kier molecular flexibility index (Phi) is 5.29. The summed E-state index contributed by atoms with van der Waals surface area (Å²) >= 11 is 1.32. The molecule has 0 fully saturated rings. The molecule has 19 heavy (non-hydrogen) atoms. The largest absolute Gasteiger partial charge is 0.480 e. The third-order valence-electron chi connectivity index (χ3n) is 2.16. The van der Waals surface area contributed by atoms with Gasteiger partial charge in [-0.15, -0.1) is 0 Å². The zero-order chi connectivity index (χ0) is 14.5. The molecule has 1 rings (SSSR count). The second-order valence-electron chi connectivity index (χ2n) is 5.05. The van der Waals surface area contributed by atoms with Crippen LogP contribution in [0.25, 0.3) is 0 Å². The van der Waals surface area contributed by atoms with Gasteiger partial charge in [-0.05, 0) is 51.2 Å². The molecule has 1 atom stereocenters. The maximum Gasteiger partial charge on any atom is 0.408 e. The van der Waals surface area contributed by atoms with Crippen LogP contribution in [0.2, 0.25) is 0 Å². The van der Waals surface area contributed by atoms with Gasteiger partial charge in [0.15, 0.2) is 0 Å². The summed E-state index contributed by atoms with van der Waals surface area (Å²) in [5, 5.41) is 11.4. The van der Waals surface area contributed by atoms with E-state index in [1.165, 1.54) is 11.5 Å². The number of hydrogen-bond donors (Lipinski definition) is 2. The van der Waals surface area contributed by atoms with Gasteiger partial charge in [-0.3, -0.25) is 0 Å². The van der Waals surface area contributed by atoms with Gasteiger partial charge in [0.1, 0.15) is 11.6 Å². The zero-order valence-electron chi connectivity index (χ0n) is 11.2. The highest BCUT2D eigenvalue weighted by molar-refractivity contribution is 7.05. The van der Waals surface area contributed by atoms with E-state index in [9.17, 15) is 9.59 Å². The van der Waals surface area contributed by atoms with Gasteiger partial charge in [0.2, 0.25) is 0 Å². The molecule has 1 heterocycles. The topological polar surface area (TPSA) is 88.5 Å². The van der Waals surface area contributed by atoms with E-state index >= 15 is 0 Å². The van der Waals surface area contributed by atoms with E-state index in [1.54, 1.807) is 27.0 Å². The molecule has 0 aromatic carbocycles. The van der Waals surface area contributed by atoms with E-state index in [4.69, 9.17) is 9.84 Å². The van der Waals surface area contributed by atoms with E-state index in [0.29, 0.717) is 12.8 Å². The number of rotatable bonds is 5. The van der Waals surface area contributed by atoms with Crippen molar-refractivity contribution in [2.24, 2.45) is 0 Å². The maximum atomic E-state index is 11.5. The summed E-state index contributed by atoms with van der Waals surface area (Å²) in [7, 11) is 0. The van der Waals surface area contributed by atoms with E-state index < -0.39 is 23.7 Å². The lowest BCUT2D eigenvalue weighted by Crippen LogP contribution is -2.43. The van der Waals surface area contributed by atoms with Crippen LogP contribution in [-0.4, -0.2) is 33.2 Å². The number of aromatic nitrogens is 1. The molecule has 2 N–H and O–H groups in total. The number of carboxylic acids is 1. The maximum absolute atomic E-state index is 11.5. The van der Waals surface area contributed by atoms with Gasteiger partial charge in [-0.25, -0.2) is 14.0 Å². The fraction of sp³-hybridized carbons (Fsp3) is 0.583. The predicted molar refractivity (Wildman–Crippen MR) is 71.2 cm³/mol. The van der Waals surface area contributed by atoms with Crippen molar-refractivity contribution in [3.8, 4) is 0 Å². The minimum Gasteiger partial charge on any atom is -0.480 e. The Balaban J connectivity index is 2.49. The molecule has 7 heteroatoms. The molecule has 0 saturated carbocycles. The van der Waals surface area contributed by atoms with Crippen molar-refractivity contribution in [1.29, 1.82) is 0 Å². The molecule has 1 aromatic heterocycles. The number of ether oxygens (including phenoxy) is 1. The number of amides is 1. The van der Waals surface area contributed by atoms with Crippen LogP contribution in [0.1, 0.15) is 32.1 Å². The Hall–Kier alpha value is -1.63. The van der Waals surface area contributed by atoms with Crippen LogP contribution in [0.15, 0.2) is 12.3 Å². The molecule has 1 unspecified atom stereocenters. The lowest BCUT2D eigenvalue weighted by Gasteiger charge is -2.21. The highest BCUT2D eigenvalue weighted by atomic mass is 32.1. The number of alkyl carbamates (subject to hydrolysis) is 1. The van der Waals surface area contributed by atoms with Crippen LogP contribution in [0.3, 0.4) is 0 Å². The summed E-state index contributed by atoms with van der Waals surface area (Å²) in [6.45, 7) is 5.17. The minimum absolute atomic E-state index is 0.302. The fourth-order valence-electron chi connectivity index (χ4n) is 1.36. The third-order valence-corrected chi connectivity index (χ3v) is 2.96. The first kappa shape index (κ1) is 15.4. The third kappa shape index (κ3) is 6.19. The van der Waals surface area contributed by atoms with Crippen molar-refractivity contribution in [2.45, 2.75) is 45.3 Å². The monoisotopic (exact) mass is 286 g/mol. The molecule has 0 aliphatic rings. The van der Waals surface area contributed by atoms with Crippen LogP contribution >= 0.6 is 11.5 Å². The average molecular weight is 286 g/mol. The molecule has 0 radical (unpaired) electrons. The number of aliphatic carboxylic acids is 1. The Labute approximate surface area is 115 Å². The molecule has 0 saturated heterocycles. The molecule has 0 spiro atoms. The van der Waals surface area contributed by atoms with Crippen LogP contribution in [0, 0.1) is 0 Å². The van der Waals surface area contributed by atoms with Crippen molar-refractivity contribution in [3.05, 3.63) is 17.1 Å². The summed E-state index contributed by atoms with van der Waals surface area (Å²) in [5.74, 6) is -1.07. The number of aryl methyl sites for hydroxylation is 1. The van der Waals surface area contributed by atoms with Gasteiger partial charge in [0, 0.05) is 11.1 Å².